The van der Waals surface area contributed by atoms with Crippen LogP contribution < -0.4 is 5.73 Å². The summed E-state index contributed by atoms with van der Waals surface area (Å²) in [6.07, 6.45) is 3.44. The van der Waals surface area contributed by atoms with Gasteiger partial charge in [0.1, 0.15) is 0 Å². The number of sulfone groups is 1. The third-order valence-electron chi connectivity index (χ3n) is 1.45. The monoisotopic (exact) mass is 200 g/mol. The van der Waals surface area contributed by atoms with E-state index in [-0.39, 0.29) is 10.5 Å². The van der Waals surface area contributed by atoms with E-state index in [1.54, 1.807) is 0 Å². The van der Waals surface area contributed by atoms with Crippen LogP contribution in [0.15, 0.2) is 23.4 Å². The Bertz CT molecular complexity index is 439. The Kier molecular flexibility index (Phi) is 2.33. The highest BCUT2D eigenvalue weighted by Gasteiger charge is 2.15. The molecule has 1 aromatic heterocycles. The van der Waals surface area contributed by atoms with Gasteiger partial charge < -0.3 is 5.73 Å². The zero-order valence-electron chi connectivity index (χ0n) is 6.89. The number of nitrogens with two attached hydrogens (primary N) is 1. The number of primary amides is 1. The normalized spacial score (nSPS) is 11.2. The van der Waals surface area contributed by atoms with Crippen LogP contribution in [0.4, 0.5) is 0 Å². The highest BCUT2D eigenvalue weighted by atomic mass is 32.2. The number of aromatic nitrogens is 1. The number of carbonyl (C=O) groups is 1. The fraction of sp³-hybridized carbons (Fsp3) is 0.143. The summed E-state index contributed by atoms with van der Waals surface area (Å²) in [4.78, 5) is 14.3. The number of rotatable bonds is 2. The van der Waals surface area contributed by atoms with Crippen molar-refractivity contribution < 1.29 is 13.2 Å². The van der Waals surface area contributed by atoms with Crippen molar-refractivity contribution in [3.05, 3.63) is 24.0 Å². The van der Waals surface area contributed by atoms with Crippen molar-refractivity contribution in [1.82, 2.24) is 4.98 Å². The van der Waals surface area contributed by atoms with Gasteiger partial charge in [0.05, 0.1) is 10.5 Å². The lowest BCUT2D eigenvalue weighted by Gasteiger charge is -2.01. The molecule has 70 valence electrons. The SMILES string of the molecule is CS(=O)(=O)c1ccncc1C(N)=O. The second kappa shape index (κ2) is 3.14. The predicted octanol–water partition coefficient (Wildman–Crippen LogP) is -0.416. The molecule has 5 nitrogen and oxygen atoms in total. The van der Waals surface area contributed by atoms with E-state index in [9.17, 15) is 13.2 Å². The molecule has 0 radical (unpaired) electrons. The number of nitrogens with zero attached hydrogens (tertiary/aromatic N) is 1. The van der Waals surface area contributed by atoms with Crippen LogP contribution in [0.3, 0.4) is 0 Å². The summed E-state index contributed by atoms with van der Waals surface area (Å²) >= 11 is 0. The molecule has 0 saturated heterocycles. The minimum atomic E-state index is -3.42. The summed E-state index contributed by atoms with van der Waals surface area (Å²) < 4.78 is 22.2. The average molecular weight is 200 g/mol. The molecule has 0 unspecified atom stereocenters. The van der Waals surface area contributed by atoms with Gasteiger partial charge in [-0.1, -0.05) is 0 Å². The zero-order chi connectivity index (χ0) is 10.1. The van der Waals surface area contributed by atoms with E-state index < -0.39 is 15.7 Å². The Balaban J connectivity index is 3.46. The molecule has 0 bridgehead atoms. The van der Waals surface area contributed by atoms with E-state index in [1.165, 1.54) is 12.3 Å². The first-order chi connectivity index (χ1) is 5.93. The molecule has 0 saturated carbocycles. The molecule has 0 aliphatic rings. The van der Waals surface area contributed by atoms with E-state index >= 15 is 0 Å². The standard InChI is InChI=1S/C7H8N2O3S/c1-13(11,12)6-2-3-9-4-5(6)7(8)10/h2-4H,1H3,(H2,8,10). The highest BCUT2D eigenvalue weighted by molar-refractivity contribution is 7.90. The fourth-order valence-corrected chi connectivity index (χ4v) is 1.75. The predicted molar refractivity (Wildman–Crippen MR) is 45.9 cm³/mol. The molecule has 0 aliphatic heterocycles. The first-order valence-corrected chi connectivity index (χ1v) is 5.26. The minimum absolute atomic E-state index is 0.0787. The Hall–Kier alpha value is -1.43. The maximum atomic E-state index is 11.1. The molecule has 1 aromatic rings. The van der Waals surface area contributed by atoms with Gasteiger partial charge in [0.2, 0.25) is 0 Å². The lowest BCUT2D eigenvalue weighted by atomic mass is 10.3. The molecule has 2 N–H and O–H groups in total. The summed E-state index contributed by atoms with van der Waals surface area (Å²) in [6.45, 7) is 0. The number of amides is 1. The van der Waals surface area contributed by atoms with E-state index in [4.69, 9.17) is 5.73 Å². The Morgan fingerprint density at radius 3 is 2.54 bits per heavy atom. The molecular weight excluding hydrogens is 192 g/mol. The van der Waals surface area contributed by atoms with Gasteiger partial charge in [-0.15, -0.1) is 0 Å². The van der Waals surface area contributed by atoms with Gasteiger partial charge in [-0.2, -0.15) is 0 Å². The van der Waals surface area contributed by atoms with Crippen LogP contribution in [0.25, 0.3) is 0 Å². The maximum absolute atomic E-state index is 11.1. The third-order valence-corrected chi connectivity index (χ3v) is 2.60. The van der Waals surface area contributed by atoms with Crippen molar-refractivity contribution in [3.63, 3.8) is 0 Å². The number of hydrogen-bond acceptors (Lipinski definition) is 4. The molecule has 13 heavy (non-hydrogen) atoms. The number of pyridine rings is 1. The second-order valence-electron chi connectivity index (χ2n) is 2.51. The van der Waals surface area contributed by atoms with Gasteiger partial charge in [0.25, 0.3) is 5.91 Å². The summed E-state index contributed by atoms with van der Waals surface area (Å²) in [5.74, 6) is -0.798. The van der Waals surface area contributed by atoms with Crippen LogP contribution in [0, 0.1) is 0 Å². The number of carbonyl (C=O) groups excluding carboxylic acids is 1. The van der Waals surface area contributed by atoms with Crippen LogP contribution in [0.5, 0.6) is 0 Å². The van der Waals surface area contributed by atoms with Crippen LogP contribution in [0.2, 0.25) is 0 Å². The smallest absolute Gasteiger partial charge is 0.251 e. The first kappa shape index (κ1) is 9.66. The highest BCUT2D eigenvalue weighted by Crippen LogP contribution is 2.12. The molecular formula is C7H8N2O3S. The molecule has 0 aromatic carbocycles. The molecule has 1 heterocycles. The molecule has 6 heteroatoms. The Morgan fingerprint density at radius 1 is 1.54 bits per heavy atom. The fourth-order valence-electron chi connectivity index (χ4n) is 0.890. The molecule has 0 atom stereocenters. The lowest BCUT2D eigenvalue weighted by molar-refractivity contribution is 0.0997. The topological polar surface area (TPSA) is 90.1 Å². The summed E-state index contributed by atoms with van der Waals surface area (Å²) in [7, 11) is -3.42. The van der Waals surface area contributed by atoms with Crippen molar-refractivity contribution in [2.45, 2.75) is 4.90 Å². The number of hydrogen-bond donors (Lipinski definition) is 1. The molecule has 1 rings (SSSR count). The van der Waals surface area contributed by atoms with E-state index in [2.05, 4.69) is 4.98 Å². The van der Waals surface area contributed by atoms with Gasteiger partial charge in [-0.25, -0.2) is 8.42 Å². The van der Waals surface area contributed by atoms with Gasteiger partial charge in [0, 0.05) is 18.6 Å². The maximum Gasteiger partial charge on any atom is 0.251 e. The van der Waals surface area contributed by atoms with Gasteiger partial charge in [0.15, 0.2) is 9.84 Å². The molecule has 1 amide bonds. The van der Waals surface area contributed by atoms with Gasteiger partial charge >= 0.3 is 0 Å². The summed E-state index contributed by atoms with van der Waals surface area (Å²) in [6, 6.07) is 1.25. The summed E-state index contributed by atoms with van der Waals surface area (Å²) in [5.41, 5.74) is 4.89. The molecule has 0 fully saturated rings. The minimum Gasteiger partial charge on any atom is -0.366 e. The second-order valence-corrected chi connectivity index (χ2v) is 4.49. The van der Waals surface area contributed by atoms with Crippen molar-refractivity contribution in [3.8, 4) is 0 Å². The third kappa shape index (κ3) is 2.03. The zero-order valence-corrected chi connectivity index (χ0v) is 7.71. The average Bonchev–Trinajstić information content (AvgIpc) is 2.03. The lowest BCUT2D eigenvalue weighted by Crippen LogP contribution is -2.16. The van der Waals surface area contributed by atoms with Crippen LogP contribution in [0.1, 0.15) is 10.4 Å². The quantitative estimate of drug-likeness (QED) is 0.702. The van der Waals surface area contributed by atoms with Crippen molar-refractivity contribution in [2.24, 2.45) is 5.73 Å². The molecule has 0 aliphatic carbocycles. The van der Waals surface area contributed by atoms with Crippen molar-refractivity contribution >= 4 is 15.7 Å². The van der Waals surface area contributed by atoms with E-state index in [0.29, 0.717) is 0 Å². The van der Waals surface area contributed by atoms with Gasteiger partial charge in [-0.05, 0) is 6.07 Å². The Morgan fingerprint density at radius 2 is 2.15 bits per heavy atom. The van der Waals surface area contributed by atoms with Crippen LogP contribution in [-0.4, -0.2) is 25.6 Å². The van der Waals surface area contributed by atoms with Gasteiger partial charge in [-0.3, -0.25) is 9.78 Å². The van der Waals surface area contributed by atoms with Crippen molar-refractivity contribution in [1.29, 1.82) is 0 Å². The van der Waals surface area contributed by atoms with E-state index in [0.717, 1.165) is 12.5 Å². The van der Waals surface area contributed by atoms with E-state index in [1.807, 2.05) is 0 Å². The Labute approximate surface area is 75.5 Å². The molecule has 0 spiro atoms. The first-order valence-electron chi connectivity index (χ1n) is 3.37. The summed E-state index contributed by atoms with van der Waals surface area (Å²) in [5, 5.41) is 0. The largest absolute Gasteiger partial charge is 0.366 e. The van der Waals surface area contributed by atoms with Crippen LogP contribution >= 0.6 is 0 Å². The van der Waals surface area contributed by atoms with Crippen LogP contribution in [-0.2, 0) is 9.84 Å². The van der Waals surface area contributed by atoms with Crippen molar-refractivity contribution in [2.75, 3.05) is 6.26 Å².